The lowest BCUT2D eigenvalue weighted by Gasteiger charge is -2.33. The summed E-state index contributed by atoms with van der Waals surface area (Å²) in [5.74, 6) is 1.13. The highest BCUT2D eigenvalue weighted by atomic mass is 32.2. The van der Waals surface area contributed by atoms with Gasteiger partial charge >= 0.3 is 0 Å². The van der Waals surface area contributed by atoms with Crippen LogP contribution in [0.2, 0.25) is 0 Å². The van der Waals surface area contributed by atoms with E-state index in [-0.39, 0.29) is 11.6 Å². The van der Waals surface area contributed by atoms with Gasteiger partial charge in [0.15, 0.2) is 5.17 Å². The number of rotatable bonds is 3. The first-order valence-electron chi connectivity index (χ1n) is 7.67. The van der Waals surface area contributed by atoms with Crippen molar-refractivity contribution in [3.8, 4) is 0 Å². The zero-order chi connectivity index (χ0) is 13.8. The zero-order valence-electron chi connectivity index (χ0n) is 12.3. The molecule has 1 unspecified atom stereocenters. The summed E-state index contributed by atoms with van der Waals surface area (Å²) in [6, 6.07) is 0. The minimum Gasteiger partial charge on any atom is -0.381 e. The van der Waals surface area contributed by atoms with Crippen LogP contribution in [0.4, 0.5) is 0 Å². The molecule has 0 aromatic carbocycles. The zero-order valence-corrected chi connectivity index (χ0v) is 13.1. The highest BCUT2D eigenvalue weighted by Gasteiger charge is 2.38. The molecule has 0 bridgehead atoms. The highest BCUT2D eigenvalue weighted by molar-refractivity contribution is 8.14. The Hall–Kier alpha value is -0.300. The molecule has 3 heterocycles. The fourth-order valence-electron chi connectivity index (χ4n) is 2.98. The lowest BCUT2D eigenvalue weighted by atomic mass is 9.93. The van der Waals surface area contributed by atoms with E-state index < -0.39 is 0 Å². The number of nitrogens with one attached hydrogen (secondary N) is 1. The van der Waals surface area contributed by atoms with Gasteiger partial charge < -0.3 is 14.8 Å². The third kappa shape index (κ3) is 3.47. The highest BCUT2D eigenvalue weighted by Crippen LogP contribution is 2.31. The van der Waals surface area contributed by atoms with E-state index in [1.807, 2.05) is 11.8 Å². The number of aliphatic imine (C=N–C) groups is 1. The number of morpholine rings is 1. The monoisotopic (exact) mass is 299 g/mol. The van der Waals surface area contributed by atoms with Crippen LogP contribution >= 0.6 is 11.8 Å². The standard InChI is InChI=1S/C14H25N3O2S/c1-2-17-5-8-19-12(10-17)9-15-13-16-14(11-20-13)3-6-18-7-4-14/h12H,2-11H2,1H3,(H,15,16). The lowest BCUT2D eigenvalue weighted by Crippen LogP contribution is -2.48. The van der Waals surface area contributed by atoms with Gasteiger partial charge in [-0.15, -0.1) is 0 Å². The molecule has 6 heteroatoms. The molecule has 3 saturated heterocycles. The molecule has 1 spiro atoms. The van der Waals surface area contributed by atoms with Crippen LogP contribution in [0.5, 0.6) is 0 Å². The van der Waals surface area contributed by atoms with Gasteiger partial charge in [-0.25, -0.2) is 0 Å². The molecule has 0 saturated carbocycles. The average Bonchev–Trinajstić information content (AvgIpc) is 2.89. The van der Waals surface area contributed by atoms with Crippen LogP contribution in [0, 0.1) is 0 Å². The van der Waals surface area contributed by atoms with Crippen LogP contribution in [0.1, 0.15) is 19.8 Å². The van der Waals surface area contributed by atoms with E-state index >= 15 is 0 Å². The Morgan fingerprint density at radius 2 is 2.25 bits per heavy atom. The molecule has 3 aliphatic rings. The number of hydrogen-bond acceptors (Lipinski definition) is 5. The molecule has 0 aliphatic carbocycles. The Morgan fingerprint density at radius 1 is 1.40 bits per heavy atom. The summed E-state index contributed by atoms with van der Waals surface area (Å²) < 4.78 is 11.3. The van der Waals surface area contributed by atoms with Crippen molar-refractivity contribution in [2.45, 2.75) is 31.4 Å². The van der Waals surface area contributed by atoms with E-state index in [0.717, 1.165) is 69.8 Å². The van der Waals surface area contributed by atoms with E-state index in [0.29, 0.717) is 0 Å². The molecule has 1 N–H and O–H groups in total. The summed E-state index contributed by atoms with van der Waals surface area (Å²) in [6.07, 6.45) is 2.45. The summed E-state index contributed by atoms with van der Waals surface area (Å²) in [4.78, 5) is 7.18. The second-order valence-corrected chi connectivity index (χ2v) is 6.80. The van der Waals surface area contributed by atoms with Crippen LogP contribution in [-0.4, -0.2) is 73.5 Å². The number of thioether (sulfide) groups is 1. The first-order chi connectivity index (χ1) is 9.80. The second kappa shape index (κ2) is 6.64. The van der Waals surface area contributed by atoms with Crippen molar-refractivity contribution in [3.63, 3.8) is 0 Å². The van der Waals surface area contributed by atoms with Gasteiger partial charge in [0.2, 0.25) is 0 Å². The van der Waals surface area contributed by atoms with Gasteiger partial charge in [-0.3, -0.25) is 9.89 Å². The quantitative estimate of drug-likeness (QED) is 0.841. The summed E-state index contributed by atoms with van der Waals surface area (Å²) in [7, 11) is 0. The van der Waals surface area contributed by atoms with Crippen LogP contribution in [0.15, 0.2) is 4.99 Å². The van der Waals surface area contributed by atoms with Gasteiger partial charge in [0.25, 0.3) is 0 Å². The van der Waals surface area contributed by atoms with E-state index in [9.17, 15) is 0 Å². The van der Waals surface area contributed by atoms with E-state index in [4.69, 9.17) is 14.5 Å². The molecule has 114 valence electrons. The lowest BCUT2D eigenvalue weighted by molar-refractivity contribution is -0.0209. The first kappa shape index (κ1) is 14.6. The molecule has 0 aromatic rings. The molecule has 20 heavy (non-hydrogen) atoms. The van der Waals surface area contributed by atoms with E-state index in [1.54, 1.807) is 0 Å². The number of hydrogen-bond donors (Lipinski definition) is 1. The van der Waals surface area contributed by atoms with Crippen LogP contribution < -0.4 is 5.32 Å². The normalized spacial score (nSPS) is 32.6. The third-order valence-corrected chi connectivity index (χ3v) is 5.62. The van der Waals surface area contributed by atoms with Gasteiger partial charge in [-0.1, -0.05) is 18.7 Å². The predicted octanol–water partition coefficient (Wildman–Crippen LogP) is 0.949. The molecule has 3 rings (SSSR count). The SMILES string of the molecule is CCN1CCOC(CN=C2NC3(CCOCC3)CS2)C1. The fraction of sp³-hybridized carbons (Fsp3) is 0.929. The minimum atomic E-state index is 0.241. The molecular weight excluding hydrogens is 274 g/mol. The van der Waals surface area contributed by atoms with Crippen molar-refractivity contribution in [2.75, 3.05) is 51.8 Å². The van der Waals surface area contributed by atoms with E-state index in [2.05, 4.69) is 17.1 Å². The molecule has 0 amide bonds. The topological polar surface area (TPSA) is 46.1 Å². The van der Waals surface area contributed by atoms with Crippen molar-refractivity contribution in [1.82, 2.24) is 10.2 Å². The molecule has 0 aromatic heterocycles. The Balaban J connectivity index is 1.50. The van der Waals surface area contributed by atoms with Crippen molar-refractivity contribution in [2.24, 2.45) is 4.99 Å². The molecule has 3 fully saturated rings. The smallest absolute Gasteiger partial charge is 0.157 e. The number of amidine groups is 1. The minimum absolute atomic E-state index is 0.241. The second-order valence-electron chi connectivity index (χ2n) is 5.84. The van der Waals surface area contributed by atoms with Crippen molar-refractivity contribution >= 4 is 16.9 Å². The Kier molecular flexibility index (Phi) is 4.86. The van der Waals surface area contributed by atoms with Gasteiger partial charge in [0.05, 0.1) is 24.8 Å². The number of nitrogens with zero attached hydrogens (tertiary/aromatic N) is 2. The summed E-state index contributed by atoms with van der Waals surface area (Å²) in [5.41, 5.74) is 0.241. The Morgan fingerprint density at radius 3 is 3.05 bits per heavy atom. The van der Waals surface area contributed by atoms with Crippen molar-refractivity contribution in [3.05, 3.63) is 0 Å². The molecule has 1 atom stereocenters. The maximum Gasteiger partial charge on any atom is 0.157 e. The Bertz CT molecular complexity index is 358. The largest absolute Gasteiger partial charge is 0.381 e. The molecule has 0 radical (unpaired) electrons. The average molecular weight is 299 g/mol. The summed E-state index contributed by atoms with van der Waals surface area (Å²) in [5, 5.41) is 4.74. The van der Waals surface area contributed by atoms with Crippen LogP contribution in [0.3, 0.4) is 0 Å². The van der Waals surface area contributed by atoms with Crippen molar-refractivity contribution < 1.29 is 9.47 Å². The van der Waals surface area contributed by atoms with Gasteiger partial charge in [-0.2, -0.15) is 0 Å². The number of likely N-dealkylation sites (N-methyl/N-ethyl adjacent to an activating group) is 1. The first-order valence-corrected chi connectivity index (χ1v) is 8.65. The predicted molar refractivity (Wildman–Crippen MR) is 82.5 cm³/mol. The van der Waals surface area contributed by atoms with Gasteiger partial charge in [0, 0.05) is 32.1 Å². The maximum atomic E-state index is 5.80. The molecular formula is C14H25N3O2S. The van der Waals surface area contributed by atoms with Gasteiger partial charge in [-0.05, 0) is 19.4 Å². The van der Waals surface area contributed by atoms with Crippen LogP contribution in [-0.2, 0) is 9.47 Å². The third-order valence-electron chi connectivity index (χ3n) is 4.42. The molecule has 5 nitrogen and oxygen atoms in total. The molecule has 3 aliphatic heterocycles. The Labute approximate surface area is 125 Å². The van der Waals surface area contributed by atoms with Crippen molar-refractivity contribution in [1.29, 1.82) is 0 Å². The maximum absolute atomic E-state index is 5.80. The number of ether oxygens (including phenoxy) is 2. The summed E-state index contributed by atoms with van der Waals surface area (Å²) >= 11 is 1.86. The van der Waals surface area contributed by atoms with Crippen LogP contribution in [0.25, 0.3) is 0 Å². The fourth-order valence-corrected chi connectivity index (χ4v) is 4.21. The van der Waals surface area contributed by atoms with E-state index in [1.165, 1.54) is 0 Å². The summed E-state index contributed by atoms with van der Waals surface area (Å²) in [6.45, 7) is 8.74. The van der Waals surface area contributed by atoms with Gasteiger partial charge in [0.1, 0.15) is 0 Å².